The third kappa shape index (κ3) is 5.75. The lowest BCUT2D eigenvalue weighted by Crippen LogP contribution is -2.69. The van der Waals surface area contributed by atoms with Gasteiger partial charge in [0.15, 0.2) is 0 Å². The van der Waals surface area contributed by atoms with Crippen LogP contribution in [0.25, 0.3) is 0 Å². The molecule has 5 saturated carbocycles. The molecule has 0 spiro atoms. The van der Waals surface area contributed by atoms with Gasteiger partial charge < -0.3 is 20.5 Å². The number of nitrogens with one attached hydrogen (secondary N) is 2. The van der Waals surface area contributed by atoms with Crippen LogP contribution in [-0.2, 0) is 14.3 Å². The number of urea groups is 1. The first-order valence-electron chi connectivity index (χ1n) is 18.8. The van der Waals surface area contributed by atoms with Gasteiger partial charge in [0.2, 0.25) is 0 Å². The molecule has 0 saturated heterocycles. The van der Waals surface area contributed by atoms with Gasteiger partial charge in [-0.15, -0.1) is 0 Å². The van der Waals surface area contributed by atoms with Gasteiger partial charge in [0.25, 0.3) is 0 Å². The number of ether oxygens (including phenoxy) is 1. The van der Waals surface area contributed by atoms with Crippen molar-refractivity contribution in [3.05, 3.63) is 12.2 Å². The fraction of sp³-hybridized carbons (Fsp3) is 0.875. The molecule has 10 atom stereocenters. The highest BCUT2D eigenvalue weighted by atomic mass is 16.5. The lowest BCUT2D eigenvalue weighted by atomic mass is 9.32. The molecule has 5 rings (SSSR count). The number of allylic oxidation sites excluding steroid dienone is 1. The largest absolute Gasteiger partial charge is 0.481 e. The van der Waals surface area contributed by atoms with E-state index in [4.69, 9.17) is 4.74 Å². The summed E-state index contributed by atoms with van der Waals surface area (Å²) in [7, 11) is 0. The highest BCUT2D eigenvalue weighted by Gasteiger charge is 2.71. The monoisotopic (exact) mass is 654 g/mol. The maximum Gasteiger partial charge on any atom is 0.315 e. The zero-order chi connectivity index (χ0) is 35.0. The van der Waals surface area contributed by atoms with Crippen LogP contribution >= 0.6 is 0 Å². The second-order valence-corrected chi connectivity index (χ2v) is 19.3. The lowest BCUT2D eigenvalue weighted by molar-refractivity contribution is -0.246. The Bertz CT molecular complexity index is 1270. The minimum absolute atomic E-state index is 0.00574. The summed E-state index contributed by atoms with van der Waals surface area (Å²) in [4.78, 5) is 38.0. The maximum atomic E-state index is 13.3. The first-order valence-corrected chi connectivity index (χ1v) is 18.8. The van der Waals surface area contributed by atoms with Gasteiger partial charge in [0, 0.05) is 17.5 Å². The summed E-state index contributed by atoms with van der Waals surface area (Å²) in [6.45, 7) is 27.2. The van der Waals surface area contributed by atoms with Gasteiger partial charge in [-0.05, 0) is 137 Å². The summed E-state index contributed by atoms with van der Waals surface area (Å²) >= 11 is 0. The Labute approximate surface area is 285 Å². The summed E-state index contributed by atoms with van der Waals surface area (Å²) in [6.07, 6.45) is 10.5. The van der Waals surface area contributed by atoms with E-state index in [0.29, 0.717) is 42.1 Å². The number of aliphatic carboxylic acids is 1. The molecule has 0 heterocycles. The van der Waals surface area contributed by atoms with Crippen molar-refractivity contribution < 1.29 is 24.2 Å². The molecule has 5 aliphatic carbocycles. The number of carboxylic acid groups (broad SMARTS) is 1. The Hall–Kier alpha value is -2.05. The summed E-state index contributed by atoms with van der Waals surface area (Å²) < 4.78 is 6.16. The van der Waals surface area contributed by atoms with Crippen molar-refractivity contribution in [2.24, 2.45) is 62.6 Å². The predicted octanol–water partition coefficient (Wildman–Crippen LogP) is 8.76. The smallest absolute Gasteiger partial charge is 0.315 e. The van der Waals surface area contributed by atoms with Gasteiger partial charge in [-0.25, -0.2) is 4.79 Å². The third-order valence-electron chi connectivity index (χ3n) is 15.5. The molecule has 0 aliphatic heterocycles. The molecule has 3 N–H and O–H groups in total. The number of hydrogen-bond acceptors (Lipinski definition) is 4. The van der Waals surface area contributed by atoms with Crippen molar-refractivity contribution in [3.8, 4) is 0 Å². The number of carboxylic acids is 1. The molecule has 0 aromatic rings. The van der Waals surface area contributed by atoms with Gasteiger partial charge in [-0.1, -0.05) is 60.6 Å². The number of carbonyl (C=O) groups excluding carboxylic acids is 2. The molecule has 5 aliphatic rings. The van der Waals surface area contributed by atoms with E-state index in [1.165, 1.54) is 24.8 Å². The van der Waals surface area contributed by atoms with E-state index in [1.54, 1.807) is 13.8 Å². The average Bonchev–Trinajstić information content (AvgIpc) is 3.33. The molecule has 2 amide bonds. The van der Waals surface area contributed by atoms with Gasteiger partial charge >= 0.3 is 18.0 Å². The van der Waals surface area contributed by atoms with Gasteiger partial charge in [-0.2, -0.15) is 0 Å². The fourth-order valence-corrected chi connectivity index (χ4v) is 12.8. The molecule has 266 valence electrons. The summed E-state index contributed by atoms with van der Waals surface area (Å²) in [5, 5.41) is 16.3. The molecule has 0 radical (unpaired) electrons. The molecule has 47 heavy (non-hydrogen) atoms. The van der Waals surface area contributed by atoms with E-state index in [9.17, 15) is 19.5 Å². The van der Waals surface area contributed by atoms with E-state index in [1.807, 2.05) is 0 Å². The van der Waals surface area contributed by atoms with Crippen LogP contribution in [0.2, 0.25) is 0 Å². The van der Waals surface area contributed by atoms with Crippen LogP contribution in [0.5, 0.6) is 0 Å². The van der Waals surface area contributed by atoms with Crippen molar-refractivity contribution in [2.45, 2.75) is 152 Å². The van der Waals surface area contributed by atoms with Gasteiger partial charge in [-0.3, -0.25) is 9.59 Å². The fourth-order valence-electron chi connectivity index (χ4n) is 12.8. The summed E-state index contributed by atoms with van der Waals surface area (Å²) in [6, 6.07) is -0.00574. The molecular formula is C40H66N2O5. The van der Waals surface area contributed by atoms with Crippen molar-refractivity contribution >= 4 is 18.0 Å². The van der Waals surface area contributed by atoms with Crippen LogP contribution in [0.1, 0.15) is 140 Å². The lowest BCUT2D eigenvalue weighted by Gasteiger charge is -2.73. The number of rotatable bonds is 8. The zero-order valence-corrected chi connectivity index (χ0v) is 31.3. The van der Waals surface area contributed by atoms with E-state index in [-0.39, 0.29) is 45.8 Å². The van der Waals surface area contributed by atoms with Crippen LogP contribution in [-0.4, -0.2) is 41.3 Å². The molecule has 7 nitrogen and oxygen atoms in total. The van der Waals surface area contributed by atoms with Gasteiger partial charge in [0.1, 0.15) is 6.10 Å². The number of carbonyl (C=O) groups is 3. The second-order valence-electron chi connectivity index (χ2n) is 19.3. The highest BCUT2D eigenvalue weighted by molar-refractivity contribution is 5.81. The first kappa shape index (κ1) is 36.2. The Morgan fingerprint density at radius 2 is 1.57 bits per heavy atom. The molecule has 0 aromatic heterocycles. The van der Waals surface area contributed by atoms with Crippen LogP contribution in [0.3, 0.4) is 0 Å². The van der Waals surface area contributed by atoms with Crippen molar-refractivity contribution in [1.29, 1.82) is 0 Å². The SMILES string of the molecule is C=C(C)C1CC[C@]2(NC(=O)NCC(C)C)CC[C@]3(C)C(CCC4C5(C)CC[C@H](OC(=O)CC(C)(C)C(=O)O)C(C)(C)C5CC[C@]43C)C12. The molecule has 5 fully saturated rings. The summed E-state index contributed by atoms with van der Waals surface area (Å²) in [5.41, 5.74) is 0.260. The Balaban J connectivity index is 1.40. The van der Waals surface area contributed by atoms with Crippen molar-refractivity contribution in [3.63, 3.8) is 0 Å². The minimum Gasteiger partial charge on any atom is -0.481 e. The summed E-state index contributed by atoms with van der Waals surface area (Å²) in [5.74, 6) is 1.44. The van der Waals surface area contributed by atoms with Crippen molar-refractivity contribution in [2.75, 3.05) is 6.54 Å². The maximum absolute atomic E-state index is 13.3. The van der Waals surface area contributed by atoms with Crippen LogP contribution in [0, 0.1) is 62.6 Å². The Morgan fingerprint density at radius 1 is 0.894 bits per heavy atom. The third-order valence-corrected chi connectivity index (χ3v) is 15.5. The molecule has 6 unspecified atom stereocenters. The topological polar surface area (TPSA) is 105 Å². The number of amides is 2. The second kappa shape index (κ2) is 12.1. The quantitative estimate of drug-likeness (QED) is 0.179. The van der Waals surface area contributed by atoms with Crippen LogP contribution in [0.15, 0.2) is 12.2 Å². The number of hydrogen-bond donors (Lipinski definition) is 3. The zero-order valence-electron chi connectivity index (χ0n) is 31.3. The first-order chi connectivity index (χ1) is 21.6. The molecular weight excluding hydrogens is 588 g/mol. The Morgan fingerprint density at radius 3 is 2.19 bits per heavy atom. The molecule has 7 heteroatoms. The number of esters is 1. The minimum atomic E-state index is -1.14. The molecule has 0 aromatic carbocycles. The Kier molecular flexibility index (Phi) is 9.31. The van der Waals surface area contributed by atoms with E-state index >= 15 is 0 Å². The number of fused-ring (bicyclic) bond motifs is 7. The van der Waals surface area contributed by atoms with E-state index in [2.05, 4.69) is 72.6 Å². The predicted molar refractivity (Wildman–Crippen MR) is 187 cm³/mol. The van der Waals surface area contributed by atoms with E-state index in [0.717, 1.165) is 44.9 Å². The average molecular weight is 655 g/mol. The normalized spacial score (nSPS) is 42.3. The standard InChI is InChI=1S/C40H66N2O5/c1-24(2)23-41-34(46)42-40-19-14-26(25(3)4)32(40)27-12-13-29-37(9)17-16-30(47-31(43)22-35(5,6)33(44)45)36(7,8)28(37)15-18-39(29,11)38(27,10)20-21-40/h24,26-30,32H,3,12-23H2,1-2,4-11H3,(H,44,45)(H2,41,42,46)/t26?,27?,28?,29?,30-,32?,37?,38+,39+,40-/m0/s1. The van der Waals surface area contributed by atoms with Gasteiger partial charge in [0.05, 0.1) is 11.8 Å². The van der Waals surface area contributed by atoms with Crippen LogP contribution < -0.4 is 10.6 Å². The molecule has 0 bridgehead atoms. The highest BCUT2D eigenvalue weighted by Crippen LogP contribution is 2.76. The van der Waals surface area contributed by atoms with Crippen LogP contribution in [0.4, 0.5) is 4.79 Å². The van der Waals surface area contributed by atoms with Crippen molar-refractivity contribution in [1.82, 2.24) is 10.6 Å². The van der Waals surface area contributed by atoms with E-state index < -0.39 is 17.4 Å².